The number of aryl methyl sites for hydroxylation is 2. The van der Waals surface area contributed by atoms with Crippen molar-refractivity contribution < 1.29 is 23.9 Å². The third-order valence-corrected chi connectivity index (χ3v) is 7.91. The summed E-state index contributed by atoms with van der Waals surface area (Å²) in [6, 6.07) is 29.5. The van der Waals surface area contributed by atoms with Crippen LogP contribution in [0.15, 0.2) is 91.1 Å². The van der Waals surface area contributed by atoms with Gasteiger partial charge in [-0.2, -0.15) is 4.57 Å². The average Bonchev–Trinajstić information content (AvgIpc) is 3.45. The molecule has 0 saturated carbocycles. The number of aromatic hydroxyl groups is 1. The smallest absolute Gasteiger partial charge is 0.231 e. The van der Waals surface area contributed by atoms with Crippen molar-refractivity contribution in [2.75, 3.05) is 13.9 Å². The quantitative estimate of drug-likeness (QED) is 0.261. The minimum absolute atomic E-state index is 0.172. The molecule has 5 aromatic rings. The van der Waals surface area contributed by atoms with E-state index in [0.29, 0.717) is 12.3 Å². The summed E-state index contributed by atoms with van der Waals surface area (Å²) in [6.07, 6.45) is 2.95. The summed E-state index contributed by atoms with van der Waals surface area (Å²) in [5.74, 6) is 2.25. The largest absolute Gasteiger partial charge is 0.504 e. The van der Waals surface area contributed by atoms with E-state index in [2.05, 4.69) is 94.5 Å². The van der Waals surface area contributed by atoms with Crippen molar-refractivity contribution in [2.24, 2.45) is 0 Å². The maximum absolute atomic E-state index is 11.2. The van der Waals surface area contributed by atoms with E-state index in [1.165, 1.54) is 16.7 Å². The molecular weight excluding hydrogens is 500 g/mol. The fraction of sp³-hybridized carbons (Fsp3) is 0.206. The van der Waals surface area contributed by atoms with E-state index in [0.717, 1.165) is 65.1 Å². The van der Waals surface area contributed by atoms with Crippen LogP contribution in [0.3, 0.4) is 0 Å². The Morgan fingerprint density at radius 2 is 1.50 bits per heavy atom. The fourth-order valence-corrected chi connectivity index (χ4v) is 5.95. The summed E-state index contributed by atoms with van der Waals surface area (Å²) in [5.41, 5.74) is 7.11. The molecule has 0 aliphatic carbocycles. The number of hydrogen-bond acceptors (Lipinski definition) is 5. The first-order valence-corrected chi connectivity index (χ1v) is 13.7. The SMILES string of the molecule is COc1cc(CN(Cc2ccccc2)Cc2ccccc2)c2cc3[n+](cc2c1O)CCc1cc2c(cc1-3)OCO2. The highest BCUT2D eigenvalue weighted by atomic mass is 16.7. The van der Waals surface area contributed by atoms with Gasteiger partial charge in [0.1, 0.15) is 0 Å². The van der Waals surface area contributed by atoms with Crippen molar-refractivity contribution in [3.8, 4) is 34.3 Å². The number of pyridine rings is 1. The number of fused-ring (bicyclic) bond motifs is 5. The van der Waals surface area contributed by atoms with Gasteiger partial charge in [0.25, 0.3) is 0 Å². The van der Waals surface area contributed by atoms with Gasteiger partial charge >= 0.3 is 0 Å². The molecule has 6 heteroatoms. The van der Waals surface area contributed by atoms with E-state index in [1.54, 1.807) is 7.11 Å². The number of methoxy groups -OCH3 is 1. The van der Waals surface area contributed by atoms with E-state index in [1.807, 2.05) is 6.07 Å². The van der Waals surface area contributed by atoms with Crippen LogP contribution in [0.2, 0.25) is 0 Å². The summed E-state index contributed by atoms with van der Waals surface area (Å²) in [6.45, 7) is 3.36. The molecule has 1 N–H and O–H groups in total. The predicted molar refractivity (Wildman–Crippen MR) is 153 cm³/mol. The molecule has 3 heterocycles. The zero-order valence-electron chi connectivity index (χ0n) is 22.5. The second-order valence-corrected chi connectivity index (χ2v) is 10.5. The van der Waals surface area contributed by atoms with Crippen molar-refractivity contribution in [1.29, 1.82) is 0 Å². The summed E-state index contributed by atoms with van der Waals surface area (Å²) in [5, 5.41) is 13.0. The minimum atomic E-state index is 0.172. The number of nitrogens with zero attached hydrogens (tertiary/aromatic N) is 2. The standard InChI is InChI=1S/C34H30N2O4/c1-38-33-15-26(20-35(18-23-8-4-2-5-9-23)19-24-10-6-3-7-11-24)27-16-30-28-17-32-31(39-22-40-32)14-25(28)12-13-36(30)21-29(27)34(33)37/h2-11,14-17,21H,12-13,18-20,22H2,1H3/p+1. The van der Waals surface area contributed by atoms with Crippen molar-refractivity contribution in [1.82, 2.24) is 4.90 Å². The van der Waals surface area contributed by atoms with Crippen molar-refractivity contribution in [3.05, 3.63) is 113 Å². The molecule has 6 nitrogen and oxygen atoms in total. The van der Waals surface area contributed by atoms with Crippen LogP contribution in [0, 0.1) is 0 Å². The first-order valence-electron chi connectivity index (χ1n) is 13.7. The first-order chi connectivity index (χ1) is 19.7. The Kier molecular flexibility index (Phi) is 6.25. The van der Waals surface area contributed by atoms with Crippen LogP contribution in [0.5, 0.6) is 23.0 Å². The highest BCUT2D eigenvalue weighted by Crippen LogP contribution is 2.42. The molecule has 0 spiro atoms. The molecule has 0 bridgehead atoms. The zero-order valence-corrected chi connectivity index (χ0v) is 22.5. The van der Waals surface area contributed by atoms with Gasteiger partial charge in [0.2, 0.25) is 12.5 Å². The average molecular weight is 532 g/mol. The molecule has 1 aromatic heterocycles. The Morgan fingerprint density at radius 3 is 2.17 bits per heavy atom. The lowest BCUT2D eigenvalue weighted by atomic mass is 9.93. The van der Waals surface area contributed by atoms with Crippen LogP contribution in [0.4, 0.5) is 0 Å². The summed E-state index contributed by atoms with van der Waals surface area (Å²) in [4.78, 5) is 2.44. The molecule has 0 amide bonds. The first kappa shape index (κ1) is 24.5. The topological polar surface area (TPSA) is 55.0 Å². The van der Waals surface area contributed by atoms with Gasteiger partial charge in [0.15, 0.2) is 35.7 Å². The molecule has 40 heavy (non-hydrogen) atoms. The number of phenols is 1. The van der Waals surface area contributed by atoms with Gasteiger partial charge in [-0.25, -0.2) is 0 Å². The number of phenolic OH excluding ortho intramolecular Hbond substituents is 1. The maximum atomic E-state index is 11.2. The lowest BCUT2D eigenvalue weighted by Crippen LogP contribution is -2.40. The molecule has 2 aliphatic heterocycles. The monoisotopic (exact) mass is 531 g/mol. The van der Waals surface area contributed by atoms with Crippen LogP contribution in [-0.4, -0.2) is 23.9 Å². The van der Waals surface area contributed by atoms with E-state index < -0.39 is 0 Å². The number of ether oxygens (including phenoxy) is 3. The predicted octanol–water partition coefficient (Wildman–Crippen LogP) is 6.00. The Labute approximate surface area is 233 Å². The Bertz CT molecular complexity index is 1660. The van der Waals surface area contributed by atoms with Gasteiger partial charge in [0, 0.05) is 37.5 Å². The van der Waals surface area contributed by atoms with Crippen molar-refractivity contribution >= 4 is 10.8 Å². The van der Waals surface area contributed by atoms with Gasteiger partial charge < -0.3 is 19.3 Å². The molecule has 0 unspecified atom stereocenters. The maximum Gasteiger partial charge on any atom is 0.231 e. The fourth-order valence-electron chi connectivity index (χ4n) is 5.95. The van der Waals surface area contributed by atoms with Gasteiger partial charge in [-0.1, -0.05) is 60.7 Å². The lowest BCUT2D eigenvalue weighted by Gasteiger charge is -2.24. The molecule has 0 radical (unpaired) electrons. The molecule has 0 saturated heterocycles. The minimum Gasteiger partial charge on any atom is -0.504 e. The van der Waals surface area contributed by atoms with E-state index in [-0.39, 0.29) is 12.5 Å². The van der Waals surface area contributed by atoms with Gasteiger partial charge in [-0.3, -0.25) is 4.90 Å². The third-order valence-electron chi connectivity index (χ3n) is 7.91. The van der Waals surface area contributed by atoms with Crippen LogP contribution >= 0.6 is 0 Å². The molecule has 200 valence electrons. The second kappa shape index (κ2) is 10.2. The van der Waals surface area contributed by atoms with Crippen LogP contribution in [-0.2, 0) is 32.6 Å². The van der Waals surface area contributed by atoms with E-state index >= 15 is 0 Å². The van der Waals surface area contributed by atoms with Crippen LogP contribution in [0.1, 0.15) is 22.3 Å². The summed E-state index contributed by atoms with van der Waals surface area (Å²) < 4.78 is 19.2. The normalized spacial score (nSPS) is 13.3. The van der Waals surface area contributed by atoms with Gasteiger partial charge in [0.05, 0.1) is 18.1 Å². The Hall–Kier alpha value is -4.55. The summed E-state index contributed by atoms with van der Waals surface area (Å²) in [7, 11) is 1.61. The van der Waals surface area contributed by atoms with Gasteiger partial charge in [-0.15, -0.1) is 0 Å². The Balaban J connectivity index is 1.34. The highest BCUT2D eigenvalue weighted by molar-refractivity contribution is 5.94. The van der Waals surface area contributed by atoms with Crippen LogP contribution < -0.4 is 18.8 Å². The van der Waals surface area contributed by atoms with Crippen molar-refractivity contribution in [3.63, 3.8) is 0 Å². The van der Waals surface area contributed by atoms with E-state index in [9.17, 15) is 5.11 Å². The highest BCUT2D eigenvalue weighted by Gasteiger charge is 2.29. The number of hydrogen-bond donors (Lipinski definition) is 1. The number of rotatable bonds is 7. The molecule has 4 aromatic carbocycles. The second-order valence-electron chi connectivity index (χ2n) is 10.5. The molecular formula is C34H31N2O4+. The summed E-state index contributed by atoms with van der Waals surface area (Å²) >= 11 is 0. The van der Waals surface area contributed by atoms with E-state index in [4.69, 9.17) is 14.2 Å². The lowest BCUT2D eigenvalue weighted by molar-refractivity contribution is -0.686. The molecule has 0 fully saturated rings. The molecule has 2 aliphatic rings. The van der Waals surface area contributed by atoms with Crippen molar-refractivity contribution in [2.45, 2.75) is 32.6 Å². The zero-order chi connectivity index (χ0) is 27.1. The van der Waals surface area contributed by atoms with Crippen LogP contribution in [0.25, 0.3) is 22.0 Å². The number of benzene rings is 4. The number of aromatic nitrogens is 1. The third kappa shape index (κ3) is 4.50. The Morgan fingerprint density at radius 1 is 0.825 bits per heavy atom. The molecule has 7 rings (SSSR count). The molecule has 0 atom stereocenters. The van der Waals surface area contributed by atoms with Gasteiger partial charge in [-0.05, 0) is 40.5 Å².